The fourth-order valence-electron chi connectivity index (χ4n) is 2.37. The molecule has 3 aromatic rings. The first-order valence-electron chi connectivity index (χ1n) is 7.29. The van der Waals surface area contributed by atoms with Crippen molar-refractivity contribution in [2.24, 2.45) is 0 Å². The van der Waals surface area contributed by atoms with Gasteiger partial charge >= 0.3 is 29.6 Å². The molecule has 0 amide bonds. The zero-order valence-corrected chi connectivity index (χ0v) is 17.4. The second-order valence-corrected chi connectivity index (χ2v) is 6.32. The third-order valence-corrected chi connectivity index (χ3v) is 4.66. The fourth-order valence-corrected chi connectivity index (χ4v) is 3.39. The summed E-state index contributed by atoms with van der Waals surface area (Å²) in [6.07, 6.45) is 1.56. The van der Waals surface area contributed by atoms with Gasteiger partial charge in [0.1, 0.15) is 5.75 Å². The second kappa shape index (κ2) is 9.31. The van der Waals surface area contributed by atoms with Crippen LogP contribution in [-0.2, 0) is 16.6 Å². The van der Waals surface area contributed by atoms with E-state index < -0.39 is 17.7 Å². The minimum Gasteiger partial charge on any atom is -1.00 e. The summed E-state index contributed by atoms with van der Waals surface area (Å²) in [6.45, 7) is -0.917. The second-order valence-electron chi connectivity index (χ2n) is 4.96. The maximum absolute atomic E-state index is 12.7. The van der Waals surface area contributed by atoms with Gasteiger partial charge in [-0.05, 0) is 12.1 Å². The Morgan fingerprint density at radius 3 is 2.77 bits per heavy atom. The van der Waals surface area contributed by atoms with Gasteiger partial charge in [-0.2, -0.15) is 0 Å². The number of aromatic amines is 1. The molecule has 0 aliphatic heterocycles. The van der Waals surface area contributed by atoms with Crippen LogP contribution >= 0.6 is 0 Å². The summed E-state index contributed by atoms with van der Waals surface area (Å²) < 4.78 is 40.2. The van der Waals surface area contributed by atoms with Crippen LogP contribution in [0.4, 0.5) is 4.39 Å². The number of rotatable bonds is 7. The van der Waals surface area contributed by atoms with Gasteiger partial charge in [0, 0.05) is 18.3 Å². The molecule has 0 saturated heterocycles. The van der Waals surface area contributed by atoms with E-state index in [2.05, 4.69) is 15.0 Å². The van der Waals surface area contributed by atoms with Gasteiger partial charge in [-0.15, -0.1) is 0 Å². The number of ether oxygens (including phenoxy) is 3. The molecule has 0 aliphatic carbocycles. The summed E-state index contributed by atoms with van der Waals surface area (Å²) in [5, 5.41) is 0.291. The number of nitrogens with one attached hydrogen (secondary N) is 1. The Hall–Kier alpha value is -1.68. The van der Waals surface area contributed by atoms with E-state index in [1.165, 1.54) is 14.2 Å². The summed E-state index contributed by atoms with van der Waals surface area (Å²) in [7, 11) is 1.54. The smallest absolute Gasteiger partial charge is 1.00 e. The van der Waals surface area contributed by atoms with E-state index in [4.69, 9.17) is 14.2 Å². The number of methoxy groups -OCH3 is 2. The van der Waals surface area contributed by atoms with Gasteiger partial charge in [0.15, 0.2) is 16.7 Å². The Labute approximate surface area is 175 Å². The number of benzene rings is 1. The van der Waals surface area contributed by atoms with Crippen molar-refractivity contribution in [2.75, 3.05) is 21.1 Å². The van der Waals surface area contributed by atoms with Gasteiger partial charge in [0.05, 0.1) is 47.5 Å². The molecule has 0 bridgehead atoms. The molecule has 2 heterocycles. The Morgan fingerprint density at radius 1 is 1.27 bits per heavy atom. The molecule has 0 spiro atoms. The minimum atomic E-state index is -1.48. The fraction of sp³-hybridized carbons (Fsp3) is 0.250. The van der Waals surface area contributed by atoms with Crippen molar-refractivity contribution in [1.29, 1.82) is 0 Å². The first kappa shape index (κ1) is 20.6. The first-order chi connectivity index (χ1) is 12.2. The van der Waals surface area contributed by atoms with Crippen LogP contribution in [0.5, 0.6) is 17.2 Å². The molecular formula is C16H17FN3NaO4S. The Morgan fingerprint density at radius 2 is 2.08 bits per heavy atom. The number of pyridine rings is 1. The summed E-state index contributed by atoms with van der Waals surface area (Å²) in [5.74, 6) is 1.43. The van der Waals surface area contributed by atoms with E-state index in [0.717, 1.165) is 0 Å². The van der Waals surface area contributed by atoms with Gasteiger partial charge in [-0.3, -0.25) is 9.19 Å². The number of nitrogens with zero attached hydrogens (tertiary/aromatic N) is 2. The van der Waals surface area contributed by atoms with Crippen molar-refractivity contribution in [3.8, 4) is 17.2 Å². The van der Waals surface area contributed by atoms with Gasteiger partial charge < -0.3 is 20.6 Å². The Balaban J connectivity index is 0.00000182. The number of alkyl halides is 1. The molecule has 7 nitrogen and oxygen atoms in total. The summed E-state index contributed by atoms with van der Waals surface area (Å²) in [5.41, 5.74) is 1.72. The minimum absolute atomic E-state index is 0. The summed E-state index contributed by atoms with van der Waals surface area (Å²) in [4.78, 5) is 11.5. The number of fused-ring (bicyclic) bond motifs is 1. The van der Waals surface area contributed by atoms with Gasteiger partial charge in [-0.1, -0.05) is 0 Å². The predicted octanol–water partition coefficient (Wildman–Crippen LogP) is -0.295. The van der Waals surface area contributed by atoms with E-state index in [-0.39, 0.29) is 36.7 Å². The van der Waals surface area contributed by atoms with Crippen molar-refractivity contribution in [3.05, 3.63) is 36.2 Å². The van der Waals surface area contributed by atoms with Crippen molar-refractivity contribution in [1.82, 2.24) is 15.0 Å². The van der Waals surface area contributed by atoms with E-state index in [0.29, 0.717) is 39.1 Å². The molecule has 0 radical (unpaired) electrons. The number of H-pyrrole nitrogens is 1. The molecule has 3 rings (SSSR count). The SMILES string of the molecule is COc1ccnc(CS(=O)c2nc3ccc(OCF)cc3[nH]2)c1OC.[H-].[Na+]. The largest absolute Gasteiger partial charge is 1.00 e. The zero-order valence-electron chi connectivity index (χ0n) is 15.6. The molecule has 1 unspecified atom stereocenters. The number of halogens is 1. The van der Waals surface area contributed by atoms with Crippen molar-refractivity contribution >= 4 is 21.8 Å². The van der Waals surface area contributed by atoms with Crippen LogP contribution < -0.4 is 43.8 Å². The molecule has 134 valence electrons. The average molecular weight is 389 g/mol. The first-order valence-corrected chi connectivity index (χ1v) is 8.61. The van der Waals surface area contributed by atoms with Gasteiger partial charge in [0.25, 0.3) is 0 Å². The number of hydrogen-bond acceptors (Lipinski definition) is 6. The number of hydrogen-bond donors (Lipinski definition) is 1. The normalized spacial score (nSPS) is 11.7. The zero-order chi connectivity index (χ0) is 17.8. The Bertz CT molecular complexity index is 928. The van der Waals surface area contributed by atoms with E-state index >= 15 is 0 Å². The van der Waals surface area contributed by atoms with Gasteiger partial charge in [-0.25, -0.2) is 9.37 Å². The maximum atomic E-state index is 12.7. The molecule has 1 N–H and O–H groups in total. The third-order valence-electron chi connectivity index (χ3n) is 3.50. The molecule has 10 heteroatoms. The molecule has 0 aliphatic rings. The monoisotopic (exact) mass is 389 g/mol. The van der Waals surface area contributed by atoms with Crippen LogP contribution in [-0.4, -0.2) is 40.2 Å². The summed E-state index contributed by atoms with van der Waals surface area (Å²) in [6, 6.07) is 6.54. The number of imidazole rings is 1. The number of aromatic nitrogens is 3. The molecule has 0 saturated carbocycles. The quantitative estimate of drug-likeness (QED) is 0.559. The van der Waals surface area contributed by atoms with Crippen LogP contribution in [0.25, 0.3) is 11.0 Å². The Kier molecular flexibility index (Phi) is 7.39. The molecule has 1 atom stereocenters. The van der Waals surface area contributed by atoms with Crippen LogP contribution in [0.3, 0.4) is 0 Å². The molecule has 2 aromatic heterocycles. The third kappa shape index (κ3) is 4.35. The van der Waals surface area contributed by atoms with E-state index in [1.807, 2.05) is 0 Å². The molecule has 1 aromatic carbocycles. The van der Waals surface area contributed by atoms with Gasteiger partial charge in [0.2, 0.25) is 6.86 Å². The topological polar surface area (TPSA) is 86.3 Å². The predicted molar refractivity (Wildman–Crippen MR) is 91.3 cm³/mol. The van der Waals surface area contributed by atoms with Crippen molar-refractivity contribution in [3.63, 3.8) is 0 Å². The van der Waals surface area contributed by atoms with E-state index in [9.17, 15) is 8.60 Å². The molecular weight excluding hydrogens is 372 g/mol. The maximum Gasteiger partial charge on any atom is 1.00 e. The van der Waals surface area contributed by atoms with Crippen molar-refractivity contribution in [2.45, 2.75) is 10.9 Å². The molecule has 0 fully saturated rings. The van der Waals surface area contributed by atoms with Crippen LogP contribution in [0, 0.1) is 0 Å². The molecule has 26 heavy (non-hydrogen) atoms. The van der Waals surface area contributed by atoms with Crippen LogP contribution in [0.2, 0.25) is 0 Å². The average Bonchev–Trinajstić information content (AvgIpc) is 3.05. The van der Waals surface area contributed by atoms with Crippen LogP contribution in [0.1, 0.15) is 7.12 Å². The van der Waals surface area contributed by atoms with Crippen LogP contribution in [0.15, 0.2) is 35.6 Å². The summed E-state index contributed by atoms with van der Waals surface area (Å²) >= 11 is 0. The van der Waals surface area contributed by atoms with Crippen molar-refractivity contribution < 1.29 is 53.8 Å². The standard InChI is InChI=1S/C16H16FN3O4S.Na.H/c1-22-14-5-6-18-13(15(14)23-2)8-25(21)16-19-11-4-3-10(24-9-17)7-12(11)20-16;;/h3-7H,8-9H2,1-2H3,(H,19,20);;/q;+1;-1. The van der Waals surface area contributed by atoms with E-state index in [1.54, 1.807) is 30.5 Å².